The van der Waals surface area contributed by atoms with Crippen molar-refractivity contribution in [3.8, 4) is 0 Å². The van der Waals surface area contributed by atoms with Crippen LogP contribution in [0.4, 0.5) is 0 Å². The lowest BCUT2D eigenvalue weighted by Crippen LogP contribution is -2.43. The second kappa shape index (κ2) is 6.72. The minimum atomic E-state index is 0.722. The molecule has 0 bridgehead atoms. The van der Waals surface area contributed by atoms with Gasteiger partial charge < -0.3 is 15.5 Å². The van der Waals surface area contributed by atoms with Gasteiger partial charge in [-0.2, -0.15) is 0 Å². The number of piperidine rings is 1. The summed E-state index contributed by atoms with van der Waals surface area (Å²) in [6, 6.07) is 1.45. The largest absolute Gasteiger partial charge is 0.315 e. The molecule has 0 aromatic carbocycles. The monoisotopic (exact) mass is 239 g/mol. The van der Waals surface area contributed by atoms with Crippen LogP contribution in [0.1, 0.15) is 39.5 Å². The topological polar surface area (TPSA) is 27.3 Å². The maximum atomic E-state index is 3.67. The highest BCUT2D eigenvalue weighted by Crippen LogP contribution is 2.17. The molecule has 100 valence electrons. The first kappa shape index (κ1) is 13.3. The molecule has 2 rings (SSSR count). The van der Waals surface area contributed by atoms with Gasteiger partial charge in [0.15, 0.2) is 0 Å². The molecule has 0 aromatic heterocycles. The Bertz CT molecular complexity index is 212. The predicted octanol–water partition coefficient (Wildman–Crippen LogP) is 1.45. The normalized spacial score (nSPS) is 31.2. The standard InChI is InChI=1S/C14H29N3/c1-12(2)17-8-6-13(11-17)9-15-10-14-5-3-4-7-16-14/h12-16H,3-11H2,1-2H3. The van der Waals surface area contributed by atoms with Crippen molar-refractivity contribution >= 4 is 0 Å². The highest BCUT2D eigenvalue weighted by Gasteiger charge is 2.23. The van der Waals surface area contributed by atoms with Gasteiger partial charge in [-0.25, -0.2) is 0 Å². The van der Waals surface area contributed by atoms with E-state index in [0.29, 0.717) is 0 Å². The number of likely N-dealkylation sites (tertiary alicyclic amines) is 1. The summed E-state index contributed by atoms with van der Waals surface area (Å²) in [6.07, 6.45) is 5.51. The van der Waals surface area contributed by atoms with Crippen LogP contribution in [0.3, 0.4) is 0 Å². The lowest BCUT2D eigenvalue weighted by atomic mass is 10.0. The predicted molar refractivity (Wildman–Crippen MR) is 73.3 cm³/mol. The SMILES string of the molecule is CC(C)N1CCC(CNCC2CCCCN2)C1. The maximum Gasteiger partial charge on any atom is 0.0192 e. The number of nitrogens with one attached hydrogen (secondary N) is 2. The molecule has 2 N–H and O–H groups in total. The number of hydrogen-bond acceptors (Lipinski definition) is 3. The van der Waals surface area contributed by atoms with E-state index < -0.39 is 0 Å². The molecule has 3 heteroatoms. The minimum absolute atomic E-state index is 0.722. The van der Waals surface area contributed by atoms with Crippen molar-refractivity contribution in [1.29, 1.82) is 0 Å². The first-order valence-electron chi connectivity index (χ1n) is 7.44. The molecule has 0 aliphatic carbocycles. The highest BCUT2D eigenvalue weighted by atomic mass is 15.2. The van der Waals surface area contributed by atoms with E-state index >= 15 is 0 Å². The van der Waals surface area contributed by atoms with Crippen molar-refractivity contribution < 1.29 is 0 Å². The molecule has 0 amide bonds. The summed E-state index contributed by atoms with van der Waals surface area (Å²) in [5, 5.41) is 7.27. The molecular formula is C14H29N3. The maximum absolute atomic E-state index is 3.67. The third kappa shape index (κ3) is 4.23. The van der Waals surface area contributed by atoms with Crippen molar-refractivity contribution in [3.05, 3.63) is 0 Å². The van der Waals surface area contributed by atoms with Crippen LogP contribution >= 0.6 is 0 Å². The number of rotatable bonds is 5. The zero-order valence-corrected chi connectivity index (χ0v) is 11.5. The van der Waals surface area contributed by atoms with Crippen LogP contribution in [0.2, 0.25) is 0 Å². The Morgan fingerprint density at radius 2 is 2.12 bits per heavy atom. The summed E-state index contributed by atoms with van der Waals surface area (Å²) in [4.78, 5) is 2.60. The summed E-state index contributed by atoms with van der Waals surface area (Å²) in [6.45, 7) is 10.8. The fraction of sp³-hybridized carbons (Fsp3) is 1.00. The molecule has 2 saturated heterocycles. The lowest BCUT2D eigenvalue weighted by molar-refractivity contribution is 0.263. The average molecular weight is 239 g/mol. The van der Waals surface area contributed by atoms with Crippen molar-refractivity contribution in [2.45, 2.75) is 51.6 Å². The van der Waals surface area contributed by atoms with Gasteiger partial charge >= 0.3 is 0 Å². The van der Waals surface area contributed by atoms with Gasteiger partial charge in [0.25, 0.3) is 0 Å². The molecule has 3 nitrogen and oxygen atoms in total. The van der Waals surface area contributed by atoms with Crippen LogP contribution in [0.5, 0.6) is 0 Å². The van der Waals surface area contributed by atoms with Gasteiger partial charge in [-0.05, 0) is 58.7 Å². The first-order valence-corrected chi connectivity index (χ1v) is 7.44. The van der Waals surface area contributed by atoms with Crippen molar-refractivity contribution in [2.75, 3.05) is 32.7 Å². The van der Waals surface area contributed by atoms with Crippen LogP contribution in [-0.2, 0) is 0 Å². The first-order chi connectivity index (χ1) is 8.25. The number of hydrogen-bond donors (Lipinski definition) is 2. The summed E-state index contributed by atoms with van der Waals surface area (Å²) >= 11 is 0. The van der Waals surface area contributed by atoms with E-state index in [1.807, 2.05) is 0 Å². The second-order valence-corrected chi connectivity index (χ2v) is 6.05. The van der Waals surface area contributed by atoms with E-state index in [9.17, 15) is 0 Å². The summed E-state index contributed by atoms with van der Waals surface area (Å²) in [5.41, 5.74) is 0. The van der Waals surface area contributed by atoms with Gasteiger partial charge in [-0.1, -0.05) is 6.42 Å². The van der Waals surface area contributed by atoms with Gasteiger partial charge in [-0.15, -0.1) is 0 Å². The lowest BCUT2D eigenvalue weighted by Gasteiger charge is -2.24. The van der Waals surface area contributed by atoms with Gasteiger partial charge in [0.1, 0.15) is 0 Å². The molecule has 0 spiro atoms. The smallest absolute Gasteiger partial charge is 0.0192 e. The summed E-state index contributed by atoms with van der Waals surface area (Å²) < 4.78 is 0. The van der Waals surface area contributed by atoms with E-state index in [-0.39, 0.29) is 0 Å². The third-order valence-corrected chi connectivity index (χ3v) is 4.28. The van der Waals surface area contributed by atoms with Crippen molar-refractivity contribution in [2.24, 2.45) is 5.92 Å². The van der Waals surface area contributed by atoms with Crippen LogP contribution in [-0.4, -0.2) is 49.7 Å². The van der Waals surface area contributed by atoms with E-state index in [1.165, 1.54) is 51.9 Å². The fourth-order valence-electron chi connectivity index (χ4n) is 3.06. The van der Waals surface area contributed by atoms with Gasteiger partial charge in [0, 0.05) is 25.2 Å². The van der Waals surface area contributed by atoms with Gasteiger partial charge in [-0.3, -0.25) is 0 Å². The van der Waals surface area contributed by atoms with Crippen molar-refractivity contribution in [3.63, 3.8) is 0 Å². The van der Waals surface area contributed by atoms with Crippen molar-refractivity contribution in [1.82, 2.24) is 15.5 Å². The number of nitrogens with zero attached hydrogens (tertiary/aromatic N) is 1. The molecule has 2 fully saturated rings. The van der Waals surface area contributed by atoms with Crippen LogP contribution in [0, 0.1) is 5.92 Å². The Kier molecular flexibility index (Phi) is 5.26. The Morgan fingerprint density at radius 1 is 1.24 bits per heavy atom. The molecule has 2 aliphatic heterocycles. The molecule has 2 aliphatic rings. The average Bonchev–Trinajstić information content (AvgIpc) is 2.79. The summed E-state index contributed by atoms with van der Waals surface area (Å²) in [7, 11) is 0. The Hall–Kier alpha value is -0.120. The van der Waals surface area contributed by atoms with Crippen LogP contribution in [0.15, 0.2) is 0 Å². The fourth-order valence-corrected chi connectivity index (χ4v) is 3.06. The van der Waals surface area contributed by atoms with E-state index in [1.54, 1.807) is 0 Å². The molecule has 2 atom stereocenters. The Balaban J connectivity index is 1.56. The third-order valence-electron chi connectivity index (χ3n) is 4.28. The minimum Gasteiger partial charge on any atom is -0.315 e. The Labute approximate surface area is 106 Å². The summed E-state index contributed by atoms with van der Waals surface area (Å²) in [5.74, 6) is 0.876. The second-order valence-electron chi connectivity index (χ2n) is 6.05. The molecule has 17 heavy (non-hydrogen) atoms. The van der Waals surface area contributed by atoms with E-state index in [2.05, 4.69) is 29.4 Å². The quantitative estimate of drug-likeness (QED) is 0.760. The molecule has 2 unspecified atom stereocenters. The van der Waals surface area contributed by atoms with E-state index in [0.717, 1.165) is 24.5 Å². The van der Waals surface area contributed by atoms with Crippen LogP contribution in [0.25, 0.3) is 0 Å². The Morgan fingerprint density at radius 3 is 2.76 bits per heavy atom. The van der Waals surface area contributed by atoms with Gasteiger partial charge in [0.05, 0.1) is 0 Å². The molecule has 0 saturated carbocycles. The van der Waals surface area contributed by atoms with E-state index in [4.69, 9.17) is 0 Å². The molecule has 0 radical (unpaired) electrons. The zero-order chi connectivity index (χ0) is 12.1. The molecule has 2 heterocycles. The molecule has 0 aromatic rings. The zero-order valence-electron chi connectivity index (χ0n) is 11.5. The highest BCUT2D eigenvalue weighted by molar-refractivity contribution is 4.80. The molecular weight excluding hydrogens is 210 g/mol. The van der Waals surface area contributed by atoms with Crippen LogP contribution < -0.4 is 10.6 Å². The van der Waals surface area contributed by atoms with Gasteiger partial charge in [0.2, 0.25) is 0 Å².